The molecule has 1 nitrogen and oxygen atoms in total. The number of hydrogen-bond acceptors (Lipinski definition) is 1. The van der Waals surface area contributed by atoms with Gasteiger partial charge in [-0.1, -0.05) is 7.43 Å². The molecular formula is CH6ClFO. The van der Waals surface area contributed by atoms with Gasteiger partial charge in [-0.15, -0.1) is 0 Å². The van der Waals surface area contributed by atoms with Gasteiger partial charge in [-0.2, -0.15) is 0 Å². The summed E-state index contributed by atoms with van der Waals surface area (Å²) in [6.07, 6.45) is 0. The third-order valence-electron chi connectivity index (χ3n) is 0. The Bertz CT molecular complexity index is 8.00. The van der Waals surface area contributed by atoms with Crippen LogP contribution in [-0.4, -0.2) is 4.66 Å². The van der Waals surface area contributed by atoms with Crippen LogP contribution in [0.4, 0.5) is 4.70 Å². The Balaban J connectivity index is -0.00000000500. The van der Waals surface area contributed by atoms with Crippen LogP contribution in [0.2, 0.25) is 0 Å². The van der Waals surface area contributed by atoms with Gasteiger partial charge in [0.25, 0.3) is 0 Å². The largest absolute Gasteiger partial charge is 0.295 e. The Kier molecular flexibility index (Phi) is 3540. The number of hydrogen-bond donors (Lipinski definition) is 1. The Morgan fingerprint density at radius 1 is 1.25 bits per heavy atom. The number of rotatable bonds is 0. The highest BCUT2D eigenvalue weighted by atomic mass is 35.5. The highest BCUT2D eigenvalue weighted by molar-refractivity contribution is 6.04. The highest BCUT2D eigenvalue weighted by Gasteiger charge is 0.897. The molecule has 0 atom stereocenters. The summed E-state index contributed by atoms with van der Waals surface area (Å²) in [5.74, 6) is 0. The summed E-state index contributed by atoms with van der Waals surface area (Å²) in [6, 6.07) is 0. The van der Waals surface area contributed by atoms with E-state index in [1.165, 1.54) is 0 Å². The van der Waals surface area contributed by atoms with Gasteiger partial charge < -0.3 is 0 Å². The minimum atomic E-state index is 0. The summed E-state index contributed by atoms with van der Waals surface area (Å²) in [5.41, 5.74) is 0. The van der Waals surface area contributed by atoms with E-state index < -0.39 is 0 Å². The van der Waals surface area contributed by atoms with Crippen LogP contribution in [0, 0.1) is 0 Å². The molecule has 0 aromatic heterocycles. The van der Waals surface area contributed by atoms with Crippen molar-refractivity contribution < 1.29 is 9.36 Å². The lowest BCUT2D eigenvalue weighted by molar-refractivity contribution is 0.632. The van der Waals surface area contributed by atoms with Crippen LogP contribution in [-0.2, 0) is 0 Å². The van der Waals surface area contributed by atoms with Crippen LogP contribution in [0.3, 0.4) is 0 Å². The molecule has 0 rings (SSSR count). The Labute approximate surface area is 29.7 Å². The van der Waals surface area contributed by atoms with Crippen LogP contribution in [0.5, 0.6) is 0 Å². The molecule has 0 fully saturated rings. The van der Waals surface area contributed by atoms with Crippen molar-refractivity contribution >= 4 is 11.9 Å². The summed E-state index contributed by atoms with van der Waals surface area (Å²) in [4.78, 5) is 0. The highest BCUT2D eigenvalue weighted by Crippen LogP contribution is 1.31. The average Bonchev–Trinajstić information content (AvgIpc) is 1.00. The van der Waals surface area contributed by atoms with Gasteiger partial charge in [0.05, 0.1) is 11.9 Å². The van der Waals surface area contributed by atoms with Gasteiger partial charge in [0.1, 0.15) is 0 Å². The second-order valence-electron chi connectivity index (χ2n) is 0. The first-order valence-electron chi connectivity index (χ1n) is 0.169. The Hall–Kier alpha value is 0.180. The predicted molar refractivity (Wildman–Crippen MR) is 17.3 cm³/mol. The standard InChI is InChI=1S/CH4.ClHO.FH/c;1-2;/h1H4;2H;1H. The monoisotopic (exact) mass is 88.0 g/mol. The summed E-state index contributed by atoms with van der Waals surface area (Å²) in [7, 11) is 0. The van der Waals surface area contributed by atoms with Crippen molar-refractivity contribution in [3.05, 3.63) is 0 Å². The van der Waals surface area contributed by atoms with Gasteiger partial charge >= 0.3 is 0 Å². The average molecular weight is 88.5 g/mol. The van der Waals surface area contributed by atoms with Gasteiger partial charge in [-0.3, -0.25) is 9.36 Å². The molecule has 0 aromatic rings. The molecule has 0 saturated heterocycles. The zero-order valence-corrected chi connectivity index (χ0v) is 1.99. The minimum Gasteiger partial charge on any atom is -0.295 e. The molecule has 0 aliphatic heterocycles. The first-order chi connectivity index (χ1) is 1.00. The van der Waals surface area contributed by atoms with E-state index >= 15 is 0 Å². The molecular weight excluding hydrogens is 82.5 g/mol. The maximum Gasteiger partial charge on any atom is 0.0579 e. The molecule has 0 amide bonds. The zero-order valence-electron chi connectivity index (χ0n) is 1.23. The van der Waals surface area contributed by atoms with Crippen molar-refractivity contribution in [2.75, 3.05) is 0 Å². The summed E-state index contributed by atoms with van der Waals surface area (Å²) < 4.78 is 6.47. The second kappa shape index (κ2) is 466. The molecule has 1 N–H and O–H groups in total. The van der Waals surface area contributed by atoms with Gasteiger partial charge in [-0.05, 0) is 0 Å². The lowest BCUT2D eigenvalue weighted by Gasteiger charge is -1.13. The SMILES string of the molecule is C.F.OCl. The maximum atomic E-state index is 6.47. The van der Waals surface area contributed by atoms with E-state index in [1.54, 1.807) is 0 Å². The molecule has 0 spiro atoms. The molecule has 0 aromatic carbocycles. The van der Waals surface area contributed by atoms with E-state index in [9.17, 15) is 0 Å². The van der Waals surface area contributed by atoms with E-state index in [0.29, 0.717) is 0 Å². The zero-order chi connectivity index (χ0) is 2.00. The van der Waals surface area contributed by atoms with E-state index in [4.69, 9.17) is 4.66 Å². The van der Waals surface area contributed by atoms with Gasteiger partial charge in [0.15, 0.2) is 0 Å². The second-order valence-corrected chi connectivity index (χ2v) is 0. The molecule has 0 bridgehead atoms. The van der Waals surface area contributed by atoms with Crippen molar-refractivity contribution in [3.8, 4) is 0 Å². The minimum absolute atomic E-state index is 0. The molecule has 0 heterocycles. The lowest BCUT2D eigenvalue weighted by atomic mass is 12.0. The Morgan fingerprint density at radius 2 is 1.25 bits per heavy atom. The summed E-state index contributed by atoms with van der Waals surface area (Å²) >= 11 is 3.64. The van der Waals surface area contributed by atoms with Crippen LogP contribution in [0.15, 0.2) is 0 Å². The maximum absolute atomic E-state index is 6.47. The van der Waals surface area contributed by atoms with E-state index in [2.05, 4.69) is 11.9 Å². The molecule has 0 radical (unpaired) electrons. The quantitative estimate of drug-likeness (QED) is 0.467. The molecule has 3 heteroatoms. The Morgan fingerprint density at radius 3 is 1.25 bits per heavy atom. The van der Waals surface area contributed by atoms with Crippen LogP contribution < -0.4 is 0 Å². The molecule has 0 aliphatic rings. The van der Waals surface area contributed by atoms with Gasteiger partial charge in [-0.25, -0.2) is 0 Å². The molecule has 0 saturated carbocycles. The molecule has 0 aliphatic carbocycles. The summed E-state index contributed by atoms with van der Waals surface area (Å²) in [5, 5.41) is 0. The fourth-order valence-corrected chi connectivity index (χ4v) is 0. The van der Waals surface area contributed by atoms with Crippen LogP contribution in [0.25, 0.3) is 0 Å². The normalized spacial score (nSPS) is 1.50. The van der Waals surface area contributed by atoms with E-state index in [-0.39, 0.29) is 12.1 Å². The molecule has 30 valence electrons. The van der Waals surface area contributed by atoms with E-state index in [0.717, 1.165) is 0 Å². The van der Waals surface area contributed by atoms with Crippen molar-refractivity contribution in [2.45, 2.75) is 7.43 Å². The van der Waals surface area contributed by atoms with Crippen LogP contribution in [0.1, 0.15) is 7.43 Å². The molecule has 0 unspecified atom stereocenters. The van der Waals surface area contributed by atoms with Crippen molar-refractivity contribution in [3.63, 3.8) is 0 Å². The first-order valence-corrected chi connectivity index (χ1v) is 0.507. The lowest BCUT2D eigenvalue weighted by Crippen LogP contribution is -0.913. The molecule has 4 heavy (non-hydrogen) atoms. The van der Waals surface area contributed by atoms with Crippen LogP contribution >= 0.6 is 11.9 Å². The topological polar surface area (TPSA) is 20.2 Å². The van der Waals surface area contributed by atoms with Crippen molar-refractivity contribution in [1.29, 1.82) is 0 Å². The van der Waals surface area contributed by atoms with Gasteiger partial charge in [0.2, 0.25) is 0 Å². The first kappa shape index (κ1) is 30.4. The number of halogens is 2. The smallest absolute Gasteiger partial charge is 0.0579 e. The van der Waals surface area contributed by atoms with Crippen molar-refractivity contribution in [2.24, 2.45) is 0 Å². The predicted octanol–water partition coefficient (Wildman–Crippen LogP) is 0.921. The third-order valence-corrected chi connectivity index (χ3v) is 0. The fraction of sp³-hybridized carbons (Fsp3) is 1.00. The van der Waals surface area contributed by atoms with Crippen molar-refractivity contribution in [1.82, 2.24) is 0 Å². The summed E-state index contributed by atoms with van der Waals surface area (Å²) in [6.45, 7) is 0. The van der Waals surface area contributed by atoms with Gasteiger partial charge in [0, 0.05) is 0 Å². The third kappa shape index (κ3) is 93.7. The fourth-order valence-electron chi connectivity index (χ4n) is 0. The van der Waals surface area contributed by atoms with E-state index in [1.807, 2.05) is 0 Å².